The summed E-state index contributed by atoms with van der Waals surface area (Å²) in [6.07, 6.45) is -1.20. The van der Waals surface area contributed by atoms with Crippen LogP contribution in [0.4, 0.5) is 5.69 Å². The lowest BCUT2D eigenvalue weighted by Gasteiger charge is -2.20. The normalized spacial score (nSPS) is 12.2. The van der Waals surface area contributed by atoms with E-state index in [1.807, 2.05) is 6.07 Å². The van der Waals surface area contributed by atoms with Crippen LogP contribution in [0.5, 0.6) is 5.75 Å². The van der Waals surface area contributed by atoms with E-state index in [9.17, 15) is 14.4 Å². The van der Waals surface area contributed by atoms with E-state index in [1.165, 1.54) is 6.92 Å². The van der Waals surface area contributed by atoms with Gasteiger partial charge in [0.1, 0.15) is 5.75 Å². The molecule has 0 unspecified atom stereocenters. The van der Waals surface area contributed by atoms with Crippen molar-refractivity contribution < 1.29 is 23.9 Å². The zero-order valence-electron chi connectivity index (χ0n) is 18.8. The fourth-order valence-corrected chi connectivity index (χ4v) is 3.42. The lowest BCUT2D eigenvalue weighted by Crippen LogP contribution is -2.34. The van der Waals surface area contributed by atoms with Gasteiger partial charge in [-0.3, -0.25) is 14.4 Å². The highest BCUT2D eigenvalue weighted by Gasteiger charge is 2.24. The van der Waals surface area contributed by atoms with E-state index in [1.54, 1.807) is 79.9 Å². The molecule has 0 spiro atoms. The summed E-state index contributed by atoms with van der Waals surface area (Å²) in [5.74, 6) is -0.874. The van der Waals surface area contributed by atoms with Crippen LogP contribution in [-0.4, -0.2) is 31.0 Å². The summed E-state index contributed by atoms with van der Waals surface area (Å²) >= 11 is 6.14. The van der Waals surface area contributed by atoms with Crippen molar-refractivity contribution in [3.8, 4) is 5.75 Å². The van der Waals surface area contributed by atoms with Crippen molar-refractivity contribution in [3.05, 3.63) is 95.0 Å². The standard InChI is InChI=1S/C26H25ClN2O5/c1-17(25(31)28-19-12-14-20(33-2)15-13-19)34-24(30)16-23(18-8-4-3-5-9-18)29-26(32)21-10-6-7-11-22(21)27/h3-15,17,23H,16H2,1-2H3,(H,28,31)(H,29,32)/t17-,23-/m0/s1. The summed E-state index contributed by atoms with van der Waals surface area (Å²) in [5.41, 5.74) is 1.56. The Balaban J connectivity index is 1.64. The van der Waals surface area contributed by atoms with Crippen LogP contribution in [0.15, 0.2) is 78.9 Å². The summed E-state index contributed by atoms with van der Waals surface area (Å²) in [5, 5.41) is 5.83. The predicted octanol–water partition coefficient (Wildman–Crippen LogP) is 4.78. The number of anilines is 1. The number of ether oxygens (including phenoxy) is 2. The van der Waals surface area contributed by atoms with Crippen LogP contribution in [0.2, 0.25) is 5.02 Å². The minimum atomic E-state index is -1.04. The van der Waals surface area contributed by atoms with Gasteiger partial charge in [-0.15, -0.1) is 0 Å². The molecule has 8 heteroatoms. The molecule has 34 heavy (non-hydrogen) atoms. The van der Waals surface area contributed by atoms with Gasteiger partial charge in [-0.25, -0.2) is 0 Å². The number of methoxy groups -OCH3 is 1. The molecule has 0 saturated heterocycles. The van der Waals surface area contributed by atoms with Crippen LogP contribution in [-0.2, 0) is 14.3 Å². The highest BCUT2D eigenvalue weighted by molar-refractivity contribution is 6.33. The highest BCUT2D eigenvalue weighted by atomic mass is 35.5. The number of carbonyl (C=O) groups is 3. The monoisotopic (exact) mass is 480 g/mol. The van der Waals surface area contributed by atoms with Crippen LogP contribution in [0.1, 0.15) is 35.3 Å². The third kappa shape index (κ3) is 6.83. The first-order valence-corrected chi connectivity index (χ1v) is 11.0. The number of hydrogen-bond donors (Lipinski definition) is 2. The molecule has 0 radical (unpaired) electrons. The molecule has 0 saturated carbocycles. The molecule has 0 bridgehead atoms. The molecule has 2 N–H and O–H groups in total. The van der Waals surface area contributed by atoms with Gasteiger partial charge in [-0.05, 0) is 48.9 Å². The van der Waals surface area contributed by atoms with Gasteiger partial charge < -0.3 is 20.1 Å². The molecule has 3 rings (SSSR count). The molecule has 2 atom stereocenters. The number of nitrogens with one attached hydrogen (secondary N) is 2. The van der Waals surface area contributed by atoms with Gasteiger partial charge >= 0.3 is 5.97 Å². The predicted molar refractivity (Wildman–Crippen MR) is 130 cm³/mol. The lowest BCUT2D eigenvalue weighted by atomic mass is 10.0. The van der Waals surface area contributed by atoms with Gasteiger partial charge in [0.25, 0.3) is 11.8 Å². The lowest BCUT2D eigenvalue weighted by molar-refractivity contribution is -0.153. The van der Waals surface area contributed by atoms with Crippen LogP contribution < -0.4 is 15.4 Å². The molecule has 0 aliphatic rings. The van der Waals surface area contributed by atoms with Gasteiger partial charge in [0.15, 0.2) is 6.10 Å². The van der Waals surface area contributed by atoms with Gasteiger partial charge in [-0.2, -0.15) is 0 Å². The first-order valence-electron chi connectivity index (χ1n) is 10.6. The number of carbonyl (C=O) groups excluding carboxylic acids is 3. The van der Waals surface area contributed by atoms with E-state index in [4.69, 9.17) is 21.1 Å². The quantitative estimate of drug-likeness (QED) is 0.430. The van der Waals surface area contributed by atoms with Crippen LogP contribution >= 0.6 is 11.6 Å². The second-order valence-electron chi connectivity index (χ2n) is 7.47. The van der Waals surface area contributed by atoms with Crippen molar-refractivity contribution in [2.75, 3.05) is 12.4 Å². The molecule has 0 fully saturated rings. The SMILES string of the molecule is COc1ccc(NC(=O)[C@H](C)OC(=O)C[C@H](NC(=O)c2ccccc2Cl)c2ccccc2)cc1. The summed E-state index contributed by atoms with van der Waals surface area (Å²) < 4.78 is 10.4. The topological polar surface area (TPSA) is 93.7 Å². The van der Waals surface area contributed by atoms with Crippen molar-refractivity contribution in [3.63, 3.8) is 0 Å². The number of halogens is 1. The Bertz CT molecular complexity index is 1140. The molecule has 0 aliphatic carbocycles. The summed E-state index contributed by atoms with van der Waals surface area (Å²) in [6, 6.07) is 21.8. The average Bonchev–Trinajstić information content (AvgIpc) is 2.84. The Morgan fingerprint density at radius 3 is 2.21 bits per heavy atom. The Morgan fingerprint density at radius 1 is 0.912 bits per heavy atom. The first-order chi connectivity index (χ1) is 16.4. The third-order valence-electron chi connectivity index (χ3n) is 5.03. The number of amides is 2. The minimum absolute atomic E-state index is 0.166. The van der Waals surface area contributed by atoms with E-state index >= 15 is 0 Å². The number of hydrogen-bond acceptors (Lipinski definition) is 5. The maximum absolute atomic E-state index is 12.8. The zero-order valence-corrected chi connectivity index (χ0v) is 19.5. The fourth-order valence-electron chi connectivity index (χ4n) is 3.20. The Hall–Kier alpha value is -3.84. The van der Waals surface area contributed by atoms with Crippen LogP contribution in [0.3, 0.4) is 0 Å². The van der Waals surface area contributed by atoms with Crippen LogP contribution in [0.25, 0.3) is 0 Å². The Morgan fingerprint density at radius 2 is 1.56 bits per heavy atom. The van der Waals surface area contributed by atoms with Gasteiger partial charge in [0, 0.05) is 5.69 Å². The van der Waals surface area contributed by atoms with Gasteiger partial charge in [-0.1, -0.05) is 54.1 Å². The van der Waals surface area contributed by atoms with Crippen molar-refractivity contribution in [1.29, 1.82) is 0 Å². The average molecular weight is 481 g/mol. The minimum Gasteiger partial charge on any atom is -0.497 e. The Kier molecular flexibility index (Phi) is 8.65. The number of esters is 1. The van der Waals surface area contributed by atoms with E-state index in [0.717, 1.165) is 5.56 Å². The molecule has 0 aromatic heterocycles. The smallest absolute Gasteiger partial charge is 0.309 e. The summed E-state index contributed by atoms with van der Waals surface area (Å²) in [7, 11) is 1.55. The summed E-state index contributed by atoms with van der Waals surface area (Å²) in [4.78, 5) is 37.9. The largest absolute Gasteiger partial charge is 0.497 e. The van der Waals surface area contributed by atoms with E-state index in [0.29, 0.717) is 22.0 Å². The molecule has 0 aliphatic heterocycles. The molecule has 7 nitrogen and oxygen atoms in total. The Labute approximate surface area is 203 Å². The van der Waals surface area contributed by atoms with Crippen LogP contribution in [0, 0.1) is 0 Å². The number of benzene rings is 3. The van der Waals surface area contributed by atoms with Crippen molar-refractivity contribution >= 4 is 35.1 Å². The molecular formula is C26H25ClN2O5. The maximum Gasteiger partial charge on any atom is 0.309 e. The van der Waals surface area contributed by atoms with Gasteiger partial charge in [0.05, 0.1) is 30.2 Å². The molecule has 0 heterocycles. The van der Waals surface area contributed by atoms with Crippen molar-refractivity contribution in [2.45, 2.75) is 25.5 Å². The zero-order chi connectivity index (χ0) is 24.5. The van der Waals surface area contributed by atoms with E-state index in [2.05, 4.69) is 10.6 Å². The van der Waals surface area contributed by atoms with Gasteiger partial charge in [0.2, 0.25) is 0 Å². The van der Waals surface area contributed by atoms with Crippen molar-refractivity contribution in [2.24, 2.45) is 0 Å². The molecule has 2 amide bonds. The first kappa shape index (κ1) is 24.8. The second kappa shape index (κ2) is 11.9. The van der Waals surface area contributed by atoms with E-state index < -0.39 is 29.9 Å². The molecular weight excluding hydrogens is 456 g/mol. The fraction of sp³-hybridized carbons (Fsp3) is 0.192. The summed E-state index contributed by atoms with van der Waals surface area (Å²) in [6.45, 7) is 1.48. The third-order valence-corrected chi connectivity index (χ3v) is 5.36. The van der Waals surface area contributed by atoms with Crippen molar-refractivity contribution in [1.82, 2.24) is 5.32 Å². The second-order valence-corrected chi connectivity index (χ2v) is 7.88. The number of rotatable bonds is 9. The molecule has 3 aromatic carbocycles. The molecule has 176 valence electrons. The highest BCUT2D eigenvalue weighted by Crippen LogP contribution is 2.21. The maximum atomic E-state index is 12.8. The molecule has 3 aromatic rings. The van der Waals surface area contributed by atoms with E-state index in [-0.39, 0.29) is 6.42 Å².